The second-order valence-electron chi connectivity index (χ2n) is 16.5. The summed E-state index contributed by atoms with van der Waals surface area (Å²) in [4.78, 5) is 0. The van der Waals surface area contributed by atoms with Gasteiger partial charge in [0.1, 0.15) is 0 Å². The van der Waals surface area contributed by atoms with Crippen LogP contribution in [0.4, 0.5) is 0 Å². The first-order valence-corrected chi connectivity index (χ1v) is 18.2. The fourth-order valence-electron chi connectivity index (χ4n) is 11.3. The molecule has 1 nitrogen and oxygen atoms in total. The molecule has 0 heterocycles. The largest absolute Gasteiger partial charge is 0.393 e. The highest BCUT2D eigenvalue weighted by Crippen LogP contribution is 2.67. The zero-order valence-electron chi connectivity index (χ0n) is 28.1. The van der Waals surface area contributed by atoms with E-state index in [1.807, 2.05) is 0 Å². The van der Waals surface area contributed by atoms with Crippen LogP contribution >= 0.6 is 0 Å². The van der Waals surface area contributed by atoms with E-state index < -0.39 is 0 Å². The van der Waals surface area contributed by atoms with E-state index in [0.29, 0.717) is 10.8 Å². The maximum Gasteiger partial charge on any atom is 0.0577 e. The molecule has 0 amide bonds. The Kier molecular flexibility index (Phi) is 8.10. The van der Waals surface area contributed by atoms with Gasteiger partial charge >= 0.3 is 0 Å². The van der Waals surface area contributed by atoms with Gasteiger partial charge < -0.3 is 5.11 Å². The molecule has 0 saturated heterocycles. The highest BCUT2D eigenvalue weighted by molar-refractivity contribution is 6.22. The molecule has 0 bridgehead atoms. The summed E-state index contributed by atoms with van der Waals surface area (Å²) in [7, 11) is 0. The molecule has 0 aromatic heterocycles. The number of benzene rings is 4. The fourth-order valence-corrected chi connectivity index (χ4v) is 11.3. The van der Waals surface area contributed by atoms with Gasteiger partial charge in [0.25, 0.3) is 0 Å². The van der Waals surface area contributed by atoms with Gasteiger partial charge in [-0.3, -0.25) is 0 Å². The maximum absolute atomic E-state index is 10.2. The van der Waals surface area contributed by atoms with Gasteiger partial charge in [0.15, 0.2) is 0 Å². The zero-order valence-corrected chi connectivity index (χ0v) is 28.1. The van der Waals surface area contributed by atoms with Crippen molar-refractivity contribution in [3.05, 3.63) is 72.3 Å². The van der Waals surface area contributed by atoms with Crippen LogP contribution in [0.3, 0.4) is 0 Å². The van der Waals surface area contributed by atoms with E-state index in [4.69, 9.17) is 0 Å². The van der Waals surface area contributed by atoms with E-state index in [-0.39, 0.29) is 6.10 Å². The SMILES string of the molecule is CC(C)CCC[C@@H](C)[C@H]1CC[C@H]2[C@@H]3CC=C4C[C@@H](O)CC[C@]4(C)[C@H]3CC[C@]12C.c1cc2ccc3cccc4ccc(c1)c2c34. The highest BCUT2D eigenvalue weighted by atomic mass is 16.3. The van der Waals surface area contributed by atoms with Crippen LogP contribution in [-0.2, 0) is 0 Å². The predicted molar refractivity (Wildman–Crippen MR) is 189 cm³/mol. The van der Waals surface area contributed by atoms with Gasteiger partial charge in [0.05, 0.1) is 6.10 Å². The third-order valence-corrected chi connectivity index (χ3v) is 13.7. The summed E-state index contributed by atoms with van der Waals surface area (Å²) in [5, 5.41) is 18.4. The first-order chi connectivity index (χ1) is 21.2. The lowest BCUT2D eigenvalue weighted by Crippen LogP contribution is -2.50. The molecule has 4 aliphatic rings. The Hall–Kier alpha value is -2.38. The molecule has 3 saturated carbocycles. The monoisotopic (exact) mass is 588 g/mol. The minimum atomic E-state index is -0.0766. The molecule has 4 aromatic rings. The molecule has 0 spiro atoms. The second kappa shape index (κ2) is 11.8. The van der Waals surface area contributed by atoms with Crippen molar-refractivity contribution in [1.82, 2.24) is 0 Å². The van der Waals surface area contributed by atoms with Gasteiger partial charge in [-0.05, 0) is 130 Å². The number of hydrogen-bond donors (Lipinski definition) is 1. The van der Waals surface area contributed by atoms with Crippen molar-refractivity contribution in [2.75, 3.05) is 0 Å². The Bertz CT molecular complexity index is 1500. The lowest BCUT2D eigenvalue weighted by atomic mass is 9.47. The van der Waals surface area contributed by atoms with Gasteiger partial charge in [0.2, 0.25) is 0 Å². The van der Waals surface area contributed by atoms with E-state index in [1.54, 1.807) is 5.57 Å². The number of fused-ring (bicyclic) bond motifs is 5. The van der Waals surface area contributed by atoms with Crippen LogP contribution in [0.2, 0.25) is 0 Å². The molecule has 0 unspecified atom stereocenters. The van der Waals surface area contributed by atoms with Gasteiger partial charge in [-0.1, -0.05) is 126 Å². The maximum atomic E-state index is 10.2. The second-order valence-corrected chi connectivity index (χ2v) is 16.5. The smallest absolute Gasteiger partial charge is 0.0577 e. The summed E-state index contributed by atoms with van der Waals surface area (Å²) >= 11 is 0. The van der Waals surface area contributed by atoms with Crippen molar-refractivity contribution in [3.63, 3.8) is 0 Å². The van der Waals surface area contributed by atoms with Gasteiger partial charge in [-0.25, -0.2) is 0 Å². The molecular formula is C43H56O. The van der Waals surface area contributed by atoms with E-state index in [0.717, 1.165) is 48.3 Å². The molecular weight excluding hydrogens is 532 g/mol. The Morgan fingerprint density at radius 1 is 0.727 bits per heavy atom. The summed E-state index contributed by atoms with van der Waals surface area (Å²) in [5.41, 5.74) is 2.60. The third kappa shape index (κ3) is 5.10. The summed E-state index contributed by atoms with van der Waals surface area (Å²) in [6, 6.07) is 21.9. The number of aliphatic hydroxyl groups is 1. The zero-order chi connectivity index (χ0) is 30.6. The van der Waals surface area contributed by atoms with Crippen molar-refractivity contribution >= 4 is 32.3 Å². The van der Waals surface area contributed by atoms with Crippen LogP contribution in [0, 0.1) is 46.3 Å². The lowest BCUT2D eigenvalue weighted by Gasteiger charge is -2.58. The molecule has 234 valence electrons. The number of hydrogen-bond acceptors (Lipinski definition) is 1. The Balaban J connectivity index is 0.000000164. The van der Waals surface area contributed by atoms with Crippen LogP contribution in [0.25, 0.3) is 32.3 Å². The average molecular weight is 589 g/mol. The third-order valence-electron chi connectivity index (χ3n) is 13.7. The molecule has 44 heavy (non-hydrogen) atoms. The van der Waals surface area contributed by atoms with Crippen molar-refractivity contribution in [2.45, 2.75) is 111 Å². The molecule has 8 rings (SSSR count). The van der Waals surface area contributed by atoms with Crippen molar-refractivity contribution in [1.29, 1.82) is 0 Å². The molecule has 0 radical (unpaired) electrons. The number of aliphatic hydroxyl groups excluding tert-OH is 1. The Morgan fingerprint density at radius 2 is 1.34 bits per heavy atom. The molecule has 3 fully saturated rings. The summed E-state index contributed by atoms with van der Waals surface area (Å²) in [6.07, 6.45) is 17.2. The van der Waals surface area contributed by atoms with Gasteiger partial charge in [0, 0.05) is 0 Å². The quantitative estimate of drug-likeness (QED) is 0.182. The highest BCUT2D eigenvalue weighted by Gasteiger charge is 2.59. The van der Waals surface area contributed by atoms with Crippen LogP contribution in [-0.4, -0.2) is 11.2 Å². The minimum Gasteiger partial charge on any atom is -0.393 e. The van der Waals surface area contributed by atoms with Crippen LogP contribution in [0.15, 0.2) is 72.3 Å². The standard InChI is InChI=1S/C27H46O.C16H10/c1-18(2)7-6-8-19(3)23-11-12-24-22-10-9-20-17-21(28)13-15-26(20,4)25(22)14-16-27(23,24)5;1-3-11-7-9-13-5-2-6-14-10-8-12(4-1)15(11)16(13)14/h9,18-19,21-25,28H,6-8,10-17H2,1-5H3;1-10H/t19-,21+,22+,23-,24+,25+,26+,27-;/m1./s1. The predicted octanol–water partition coefficient (Wildman–Crippen LogP) is 12.0. The molecule has 8 atom stereocenters. The van der Waals surface area contributed by atoms with Crippen molar-refractivity contribution in [3.8, 4) is 0 Å². The molecule has 1 heteroatoms. The van der Waals surface area contributed by atoms with Crippen molar-refractivity contribution in [2.24, 2.45) is 46.3 Å². The topological polar surface area (TPSA) is 20.2 Å². The van der Waals surface area contributed by atoms with Crippen molar-refractivity contribution < 1.29 is 5.11 Å². The Labute approximate surface area is 266 Å². The Morgan fingerprint density at radius 3 is 1.93 bits per heavy atom. The molecule has 4 aliphatic carbocycles. The first-order valence-electron chi connectivity index (χ1n) is 18.2. The van der Waals surface area contributed by atoms with Gasteiger partial charge in [-0.15, -0.1) is 0 Å². The van der Waals surface area contributed by atoms with Gasteiger partial charge in [-0.2, -0.15) is 0 Å². The van der Waals surface area contributed by atoms with E-state index in [9.17, 15) is 5.11 Å². The van der Waals surface area contributed by atoms with E-state index in [1.165, 1.54) is 90.1 Å². The molecule has 0 aliphatic heterocycles. The van der Waals surface area contributed by atoms with Crippen LogP contribution in [0.5, 0.6) is 0 Å². The lowest BCUT2D eigenvalue weighted by molar-refractivity contribution is -0.0573. The number of allylic oxidation sites excluding steroid dienone is 1. The summed E-state index contributed by atoms with van der Waals surface area (Å²) in [5.74, 6) is 5.46. The normalized spacial score (nSPS) is 33.9. The average Bonchev–Trinajstić information content (AvgIpc) is 3.38. The van der Waals surface area contributed by atoms with Crippen LogP contribution in [0.1, 0.15) is 105 Å². The van der Waals surface area contributed by atoms with E-state index in [2.05, 4.69) is 101 Å². The minimum absolute atomic E-state index is 0.0766. The first kappa shape index (κ1) is 30.3. The number of rotatable bonds is 5. The molecule has 4 aromatic carbocycles. The molecule has 1 N–H and O–H groups in total. The van der Waals surface area contributed by atoms with Crippen LogP contribution < -0.4 is 0 Å². The van der Waals surface area contributed by atoms with E-state index >= 15 is 0 Å². The summed E-state index contributed by atoms with van der Waals surface area (Å²) in [6.45, 7) is 12.6. The fraction of sp³-hybridized carbons (Fsp3) is 0.581. The summed E-state index contributed by atoms with van der Waals surface area (Å²) < 4.78 is 0.